The van der Waals surface area contributed by atoms with Crippen LogP contribution in [0.25, 0.3) is 16.5 Å². The molecule has 1 aliphatic heterocycles. The van der Waals surface area contributed by atoms with Crippen LogP contribution < -0.4 is 16.0 Å². The highest BCUT2D eigenvalue weighted by Crippen LogP contribution is 2.46. The molecule has 0 fully saturated rings. The van der Waals surface area contributed by atoms with Crippen molar-refractivity contribution < 1.29 is 22.7 Å². The molecule has 1 aromatic heterocycles. The Bertz CT molecular complexity index is 967. The number of aromatic amines is 1. The molecule has 0 amide bonds. The van der Waals surface area contributed by atoms with Gasteiger partial charge in [-0.3, -0.25) is 0 Å². The van der Waals surface area contributed by atoms with Gasteiger partial charge < -0.3 is 20.3 Å². The highest BCUT2D eigenvalue weighted by atomic mass is 19.4. The van der Waals surface area contributed by atoms with Gasteiger partial charge in [-0.05, 0) is 39.8 Å². The van der Waals surface area contributed by atoms with E-state index in [0.29, 0.717) is 17.1 Å². The molecular weight excluding hydrogens is 361 g/mol. The molecule has 0 aliphatic carbocycles. The number of ether oxygens (including phenoxy) is 1. The number of aromatic nitrogens is 1. The van der Waals surface area contributed by atoms with E-state index in [9.17, 15) is 13.2 Å². The third kappa shape index (κ3) is 3.23. The minimum atomic E-state index is -4.61. The largest absolute Gasteiger partial charge is 0.496 e. The van der Waals surface area contributed by atoms with E-state index in [-0.39, 0.29) is 22.6 Å². The van der Waals surface area contributed by atoms with Crippen LogP contribution in [0.5, 0.6) is 5.75 Å². The van der Waals surface area contributed by atoms with Crippen molar-refractivity contribution in [2.45, 2.75) is 39.4 Å². The number of halogens is 3. The van der Waals surface area contributed by atoms with Crippen molar-refractivity contribution in [3.63, 3.8) is 0 Å². The zero-order chi connectivity index (χ0) is 20.1. The number of methoxy groups -OCH3 is 1. The molecule has 0 radical (unpaired) electrons. The second-order valence-electron chi connectivity index (χ2n) is 6.96. The number of hydrogen-bond acceptors (Lipinski definition) is 4. The van der Waals surface area contributed by atoms with Crippen molar-refractivity contribution in [2.75, 3.05) is 7.11 Å². The van der Waals surface area contributed by atoms with E-state index in [4.69, 9.17) is 15.3 Å². The minimum absolute atomic E-state index is 0.0207. The average Bonchev–Trinajstić information content (AvgIpc) is 3.00. The number of nitrogens with two attached hydrogens (primary N) is 1. The van der Waals surface area contributed by atoms with Gasteiger partial charge in [-0.1, -0.05) is 0 Å². The maximum atomic E-state index is 13.7. The monoisotopic (exact) mass is 382 g/mol. The second-order valence-corrected chi connectivity index (χ2v) is 6.96. The average molecular weight is 382 g/mol. The van der Waals surface area contributed by atoms with Gasteiger partial charge in [-0.2, -0.15) is 13.2 Å². The topological polar surface area (TPSA) is 84.7 Å². The van der Waals surface area contributed by atoms with Gasteiger partial charge in [0.05, 0.1) is 18.5 Å². The number of rotatable bonds is 3. The van der Waals surface area contributed by atoms with Gasteiger partial charge in [0.1, 0.15) is 22.9 Å². The van der Waals surface area contributed by atoms with Gasteiger partial charge in [0, 0.05) is 22.0 Å². The molecule has 0 spiro atoms. The van der Waals surface area contributed by atoms with Crippen LogP contribution in [0.1, 0.15) is 38.8 Å². The van der Waals surface area contributed by atoms with Crippen LogP contribution in [-0.4, -0.2) is 23.5 Å². The zero-order valence-electron chi connectivity index (χ0n) is 15.6. The lowest BCUT2D eigenvalue weighted by molar-refractivity contribution is -0.135. The summed E-state index contributed by atoms with van der Waals surface area (Å²) < 4.78 is 46.4. The van der Waals surface area contributed by atoms with Gasteiger partial charge in [0.2, 0.25) is 0 Å². The zero-order valence-corrected chi connectivity index (χ0v) is 15.6. The number of aliphatic imine (C=N–C) groups is 1. The van der Waals surface area contributed by atoms with Crippen molar-refractivity contribution in [2.24, 2.45) is 10.7 Å². The normalized spacial score (nSPS) is 17.6. The van der Waals surface area contributed by atoms with Crippen LogP contribution in [0, 0.1) is 0 Å². The first-order chi connectivity index (χ1) is 12.5. The van der Waals surface area contributed by atoms with Crippen LogP contribution in [0.3, 0.4) is 0 Å². The lowest BCUT2D eigenvalue weighted by atomic mass is 9.87. The number of amidine groups is 1. The molecule has 3 rings (SSSR count). The van der Waals surface area contributed by atoms with E-state index >= 15 is 0 Å². The number of alkyl halides is 3. The van der Waals surface area contributed by atoms with Crippen molar-refractivity contribution in [1.29, 1.82) is 0 Å². The molecule has 27 heavy (non-hydrogen) atoms. The maximum Gasteiger partial charge on any atom is 0.420 e. The Kier molecular flexibility index (Phi) is 4.38. The lowest BCUT2D eigenvalue weighted by Gasteiger charge is -2.22. The summed E-state index contributed by atoms with van der Waals surface area (Å²) in [6.07, 6.45) is -4.61. The first-order valence-corrected chi connectivity index (χ1v) is 8.23. The molecule has 0 saturated carbocycles. The highest BCUT2D eigenvalue weighted by Gasteiger charge is 2.39. The van der Waals surface area contributed by atoms with Gasteiger partial charge in [-0.25, -0.2) is 4.99 Å². The van der Waals surface area contributed by atoms with Crippen LogP contribution in [0.2, 0.25) is 0 Å². The number of fused-ring (bicyclic) bond motifs is 1. The standard InChI is InChI=1S/C18H21F3N4O2/c1-8-14(17(3,4)25-27-8)11-6-12-10(7-13(11)26-5)15(18(19,20)21)16(24-12)23-9(2)22/h6-7,24-25H,1-5H3,(H2,22,23). The van der Waals surface area contributed by atoms with Gasteiger partial charge in [-0.15, -0.1) is 5.48 Å². The Balaban J connectivity index is 2.35. The summed E-state index contributed by atoms with van der Waals surface area (Å²) in [6.45, 7) is 7.03. The predicted octanol–water partition coefficient (Wildman–Crippen LogP) is 4.25. The van der Waals surface area contributed by atoms with E-state index in [1.54, 1.807) is 13.0 Å². The maximum absolute atomic E-state index is 13.7. The SMILES string of the molecule is COc1cc2c(C(F)(F)F)c(N=C(C)N)[nH]c2cc1C1=C(C)ONC1(C)C. The number of allylic oxidation sites excluding steroid dienone is 1. The lowest BCUT2D eigenvalue weighted by Crippen LogP contribution is -2.34. The van der Waals surface area contributed by atoms with E-state index < -0.39 is 17.3 Å². The Hall–Kier alpha value is -2.68. The van der Waals surface area contributed by atoms with Gasteiger partial charge in [0.25, 0.3) is 0 Å². The van der Waals surface area contributed by atoms with Crippen LogP contribution >= 0.6 is 0 Å². The fraction of sp³-hybridized carbons (Fsp3) is 0.389. The third-order valence-electron chi connectivity index (χ3n) is 4.38. The van der Waals surface area contributed by atoms with Crippen LogP contribution in [0.4, 0.5) is 19.0 Å². The summed E-state index contributed by atoms with van der Waals surface area (Å²) >= 11 is 0. The number of H-pyrrole nitrogens is 1. The van der Waals surface area contributed by atoms with E-state index in [2.05, 4.69) is 15.5 Å². The summed E-state index contributed by atoms with van der Waals surface area (Å²) in [4.78, 5) is 12.0. The molecule has 0 bridgehead atoms. The molecule has 2 aromatic rings. The van der Waals surface area contributed by atoms with Gasteiger partial charge >= 0.3 is 6.18 Å². The molecule has 1 aromatic carbocycles. The van der Waals surface area contributed by atoms with E-state index in [1.807, 2.05) is 13.8 Å². The second kappa shape index (κ2) is 6.19. The molecule has 4 N–H and O–H groups in total. The predicted molar refractivity (Wildman–Crippen MR) is 97.7 cm³/mol. The summed E-state index contributed by atoms with van der Waals surface area (Å²) in [5.41, 5.74) is 8.69. The van der Waals surface area contributed by atoms with Crippen LogP contribution in [0.15, 0.2) is 22.9 Å². The Morgan fingerprint density at radius 1 is 1.30 bits per heavy atom. The Morgan fingerprint density at radius 2 is 1.96 bits per heavy atom. The summed E-state index contributed by atoms with van der Waals surface area (Å²) in [5.74, 6) is 0.618. The fourth-order valence-corrected chi connectivity index (χ4v) is 3.39. The molecule has 0 saturated heterocycles. The molecule has 146 valence electrons. The van der Waals surface area contributed by atoms with Crippen molar-refractivity contribution in [3.8, 4) is 5.75 Å². The minimum Gasteiger partial charge on any atom is -0.496 e. The third-order valence-corrected chi connectivity index (χ3v) is 4.38. The van der Waals surface area contributed by atoms with Crippen molar-refractivity contribution in [3.05, 3.63) is 29.0 Å². The molecule has 2 heterocycles. The number of hydrogen-bond donors (Lipinski definition) is 3. The van der Waals surface area contributed by atoms with Crippen molar-refractivity contribution in [1.82, 2.24) is 10.5 Å². The highest BCUT2D eigenvalue weighted by molar-refractivity contribution is 5.95. The Morgan fingerprint density at radius 3 is 2.44 bits per heavy atom. The summed E-state index contributed by atoms with van der Waals surface area (Å²) in [7, 11) is 1.42. The molecule has 6 nitrogen and oxygen atoms in total. The first kappa shape index (κ1) is 19.1. The van der Waals surface area contributed by atoms with E-state index in [0.717, 1.165) is 5.57 Å². The van der Waals surface area contributed by atoms with Crippen LogP contribution in [-0.2, 0) is 11.0 Å². The fourth-order valence-electron chi connectivity index (χ4n) is 3.39. The molecule has 0 atom stereocenters. The summed E-state index contributed by atoms with van der Waals surface area (Å²) in [5, 5.41) is -0.0361. The van der Waals surface area contributed by atoms with Gasteiger partial charge in [0.15, 0.2) is 0 Å². The van der Waals surface area contributed by atoms with E-state index in [1.165, 1.54) is 20.1 Å². The number of hydroxylamine groups is 1. The first-order valence-electron chi connectivity index (χ1n) is 8.23. The smallest absolute Gasteiger partial charge is 0.420 e. The molecule has 9 heteroatoms. The number of benzene rings is 1. The quantitative estimate of drug-likeness (QED) is 0.547. The number of nitrogens with zero attached hydrogens (tertiary/aromatic N) is 1. The molecular formula is C18H21F3N4O2. The summed E-state index contributed by atoms with van der Waals surface area (Å²) in [6, 6.07) is 2.98. The molecule has 0 unspecified atom stereocenters. The number of nitrogens with one attached hydrogen (secondary N) is 2. The molecule has 1 aliphatic rings. The Labute approximate surface area is 154 Å². The van der Waals surface area contributed by atoms with Crippen molar-refractivity contribution >= 4 is 28.1 Å².